The molecule has 0 aliphatic heterocycles. The molecular weight excluding hydrogens is 240 g/mol. The Balaban J connectivity index is 0.00000196. The summed E-state index contributed by atoms with van der Waals surface area (Å²) in [5.74, 6) is 0.407. The van der Waals surface area contributed by atoms with Gasteiger partial charge >= 0.3 is 0 Å². The van der Waals surface area contributed by atoms with Gasteiger partial charge in [0, 0.05) is 0 Å². The van der Waals surface area contributed by atoms with E-state index in [1.54, 1.807) is 19.3 Å². The minimum atomic E-state index is -4.07. The SMILES string of the molecule is C=C[n+]1cc[nH]c1C(CC)S(=O)(=O)O.[Cl-]. The molecule has 5 nitrogen and oxygen atoms in total. The first-order valence-electron chi connectivity index (χ1n) is 4.18. The highest BCUT2D eigenvalue weighted by molar-refractivity contribution is 7.86. The second kappa shape index (κ2) is 5.29. The maximum Gasteiger partial charge on any atom is 0.280 e. The minimum Gasteiger partial charge on any atom is -1.00 e. The van der Waals surface area contributed by atoms with Crippen molar-refractivity contribution in [3.8, 4) is 0 Å². The summed E-state index contributed by atoms with van der Waals surface area (Å²) in [4.78, 5) is 2.77. The van der Waals surface area contributed by atoms with Gasteiger partial charge in [-0.1, -0.05) is 13.5 Å². The third-order valence-electron chi connectivity index (χ3n) is 1.98. The molecule has 15 heavy (non-hydrogen) atoms. The molecule has 7 heteroatoms. The zero-order chi connectivity index (χ0) is 10.8. The van der Waals surface area contributed by atoms with Crippen LogP contribution in [0.3, 0.4) is 0 Å². The van der Waals surface area contributed by atoms with Gasteiger partial charge in [0.25, 0.3) is 15.9 Å². The fraction of sp³-hybridized carbons (Fsp3) is 0.375. The maximum absolute atomic E-state index is 11.0. The number of halogens is 1. The summed E-state index contributed by atoms with van der Waals surface area (Å²) in [6, 6.07) is 0. The van der Waals surface area contributed by atoms with Gasteiger partial charge in [-0.25, -0.2) is 9.55 Å². The summed E-state index contributed by atoms with van der Waals surface area (Å²) < 4.78 is 32.5. The zero-order valence-corrected chi connectivity index (χ0v) is 9.79. The minimum absolute atomic E-state index is 0. The molecule has 0 amide bonds. The highest BCUT2D eigenvalue weighted by Crippen LogP contribution is 2.20. The third-order valence-corrected chi connectivity index (χ3v) is 3.25. The molecular formula is C8H13ClN2O3S. The molecule has 0 aliphatic rings. The Morgan fingerprint density at radius 2 is 2.33 bits per heavy atom. The van der Waals surface area contributed by atoms with E-state index in [4.69, 9.17) is 4.55 Å². The standard InChI is InChI=1S/C8H12N2O3S.ClH/c1-3-7(14(11,12)13)8-9-5-6-10(8)4-2;/h4-7H,2-3H2,1H3,(H,11,12,13);1H. The molecule has 86 valence electrons. The number of H-pyrrole nitrogens is 1. The first-order chi connectivity index (χ1) is 6.50. The largest absolute Gasteiger partial charge is 1.00 e. The van der Waals surface area contributed by atoms with E-state index in [1.165, 1.54) is 10.8 Å². The van der Waals surface area contributed by atoms with Crippen LogP contribution in [0.15, 0.2) is 19.0 Å². The van der Waals surface area contributed by atoms with Gasteiger partial charge in [0.2, 0.25) is 0 Å². The number of hydrogen-bond donors (Lipinski definition) is 2. The van der Waals surface area contributed by atoms with E-state index in [0.717, 1.165) is 0 Å². The van der Waals surface area contributed by atoms with Crippen molar-refractivity contribution in [2.24, 2.45) is 0 Å². The lowest BCUT2D eigenvalue weighted by Gasteiger charge is -2.05. The van der Waals surface area contributed by atoms with Crippen LogP contribution in [0.2, 0.25) is 0 Å². The van der Waals surface area contributed by atoms with Gasteiger partial charge in [-0.05, 0) is 6.42 Å². The molecule has 0 fully saturated rings. The molecule has 0 bridgehead atoms. The second-order valence-electron chi connectivity index (χ2n) is 2.85. The van der Waals surface area contributed by atoms with E-state index in [-0.39, 0.29) is 12.4 Å². The van der Waals surface area contributed by atoms with E-state index in [2.05, 4.69) is 11.6 Å². The number of imidazole rings is 1. The van der Waals surface area contributed by atoms with E-state index in [0.29, 0.717) is 12.2 Å². The van der Waals surface area contributed by atoms with Crippen LogP contribution in [0.1, 0.15) is 24.4 Å². The van der Waals surface area contributed by atoms with E-state index in [1.807, 2.05) is 0 Å². The van der Waals surface area contributed by atoms with Gasteiger partial charge < -0.3 is 12.4 Å². The molecule has 1 aromatic heterocycles. The number of rotatable bonds is 4. The van der Waals surface area contributed by atoms with Gasteiger partial charge in [-0.2, -0.15) is 8.42 Å². The second-order valence-corrected chi connectivity index (χ2v) is 4.45. The predicted octanol–water partition coefficient (Wildman–Crippen LogP) is -2.25. The van der Waals surface area contributed by atoms with Gasteiger partial charge in [0.1, 0.15) is 12.4 Å². The van der Waals surface area contributed by atoms with E-state index in [9.17, 15) is 8.42 Å². The van der Waals surface area contributed by atoms with Crippen LogP contribution >= 0.6 is 0 Å². The summed E-state index contributed by atoms with van der Waals surface area (Å²) in [6.07, 6.45) is 4.99. The van der Waals surface area contributed by atoms with Crippen molar-refractivity contribution in [2.45, 2.75) is 18.6 Å². The average Bonchev–Trinajstić information content (AvgIpc) is 2.51. The summed E-state index contributed by atoms with van der Waals surface area (Å²) in [5.41, 5.74) is 0. The fourth-order valence-corrected chi connectivity index (χ4v) is 2.21. The van der Waals surface area contributed by atoms with Gasteiger partial charge in [-0.15, -0.1) is 0 Å². The number of nitrogens with zero attached hydrogens (tertiary/aromatic N) is 1. The predicted molar refractivity (Wildman–Crippen MR) is 52.0 cm³/mol. The molecule has 1 aromatic rings. The Kier molecular flexibility index (Phi) is 4.99. The fourth-order valence-electron chi connectivity index (χ4n) is 1.32. The molecule has 0 saturated carbocycles. The third kappa shape index (κ3) is 3.05. The Morgan fingerprint density at radius 1 is 1.73 bits per heavy atom. The molecule has 1 unspecified atom stereocenters. The van der Waals surface area contributed by atoms with E-state index >= 15 is 0 Å². The van der Waals surface area contributed by atoms with Crippen molar-refractivity contribution < 1.29 is 29.9 Å². The molecule has 0 aromatic carbocycles. The van der Waals surface area contributed by atoms with Crippen molar-refractivity contribution in [3.05, 3.63) is 24.8 Å². The lowest BCUT2D eigenvalue weighted by Crippen LogP contribution is -3.00. The smallest absolute Gasteiger partial charge is 0.280 e. The number of hydrogen-bond acceptors (Lipinski definition) is 2. The average molecular weight is 253 g/mol. The van der Waals surface area contributed by atoms with Crippen molar-refractivity contribution in [1.29, 1.82) is 0 Å². The molecule has 0 radical (unpaired) electrons. The molecule has 1 heterocycles. The number of aromatic amines is 1. The summed E-state index contributed by atoms with van der Waals surface area (Å²) >= 11 is 0. The zero-order valence-electron chi connectivity index (χ0n) is 8.22. The first-order valence-corrected chi connectivity index (χ1v) is 5.68. The van der Waals surface area contributed by atoms with Crippen LogP contribution < -0.4 is 17.0 Å². The monoisotopic (exact) mass is 252 g/mol. The summed E-state index contributed by atoms with van der Waals surface area (Å²) in [6.45, 7) is 5.22. The molecule has 0 saturated heterocycles. The summed E-state index contributed by atoms with van der Waals surface area (Å²) in [7, 11) is -4.07. The normalized spacial score (nSPS) is 12.9. The maximum atomic E-state index is 11.0. The highest BCUT2D eigenvalue weighted by Gasteiger charge is 2.31. The molecule has 0 spiro atoms. The quantitative estimate of drug-likeness (QED) is 0.470. The highest BCUT2D eigenvalue weighted by atomic mass is 35.5. The topological polar surface area (TPSA) is 74.0 Å². The Labute approximate surface area is 95.0 Å². The molecule has 2 N–H and O–H groups in total. The Hall–Kier alpha value is -0.850. The van der Waals surface area contributed by atoms with Crippen LogP contribution in [-0.2, 0) is 10.1 Å². The number of nitrogens with one attached hydrogen (secondary N) is 1. The van der Waals surface area contributed by atoms with E-state index < -0.39 is 15.4 Å². The van der Waals surface area contributed by atoms with Crippen molar-refractivity contribution in [3.63, 3.8) is 0 Å². The van der Waals surface area contributed by atoms with Crippen LogP contribution in [0.5, 0.6) is 0 Å². The van der Waals surface area contributed by atoms with Gasteiger partial charge in [-0.3, -0.25) is 4.55 Å². The first kappa shape index (κ1) is 14.2. The molecule has 0 aliphatic carbocycles. The lowest BCUT2D eigenvalue weighted by atomic mass is 10.3. The molecule has 1 atom stereocenters. The Morgan fingerprint density at radius 3 is 2.73 bits per heavy atom. The van der Waals surface area contributed by atoms with Crippen molar-refractivity contribution >= 4 is 16.3 Å². The van der Waals surface area contributed by atoms with Crippen molar-refractivity contribution in [1.82, 2.24) is 4.98 Å². The van der Waals surface area contributed by atoms with Gasteiger partial charge in [0.15, 0.2) is 5.25 Å². The van der Waals surface area contributed by atoms with Crippen molar-refractivity contribution in [2.75, 3.05) is 0 Å². The van der Waals surface area contributed by atoms with Crippen LogP contribution in [-0.4, -0.2) is 18.0 Å². The van der Waals surface area contributed by atoms with Gasteiger partial charge in [0.05, 0.1) is 6.20 Å². The Bertz CT molecular complexity index is 427. The van der Waals surface area contributed by atoms with Crippen LogP contribution in [0.4, 0.5) is 0 Å². The summed E-state index contributed by atoms with van der Waals surface area (Å²) in [5, 5.41) is -0.935. The number of aromatic nitrogens is 2. The molecule has 1 rings (SSSR count). The van der Waals surface area contributed by atoms with Crippen LogP contribution in [0.25, 0.3) is 6.20 Å². The van der Waals surface area contributed by atoms with Crippen LogP contribution in [0, 0.1) is 0 Å². The lowest BCUT2D eigenvalue weighted by molar-refractivity contribution is -0.575.